The van der Waals surface area contributed by atoms with E-state index in [4.69, 9.17) is 0 Å². The molecule has 0 saturated carbocycles. The van der Waals surface area contributed by atoms with Crippen LogP contribution in [-0.4, -0.2) is 22.5 Å². The summed E-state index contributed by atoms with van der Waals surface area (Å²) in [4.78, 5) is 22.1. The monoisotopic (exact) mass is 338 g/mol. The molecule has 0 spiro atoms. The maximum atomic E-state index is 12.0. The first kappa shape index (κ1) is 16.9. The number of aryl methyl sites for hydroxylation is 2. The van der Waals surface area contributed by atoms with Crippen molar-refractivity contribution < 1.29 is 4.79 Å². The highest BCUT2D eigenvalue weighted by atomic mass is 32.1. The topological polar surface area (TPSA) is 66.9 Å². The number of carbonyl (C=O) groups is 1. The van der Waals surface area contributed by atoms with Crippen LogP contribution in [0.1, 0.15) is 41.4 Å². The lowest BCUT2D eigenvalue weighted by atomic mass is 10.1. The summed E-state index contributed by atoms with van der Waals surface area (Å²) in [5, 5.41) is 9.82. The smallest absolute Gasteiger partial charge is 0.315 e. The van der Waals surface area contributed by atoms with Crippen molar-refractivity contribution in [3.05, 3.63) is 32.2 Å². The molecule has 0 aliphatic rings. The molecule has 2 amide bonds. The van der Waals surface area contributed by atoms with E-state index in [1.165, 1.54) is 4.88 Å². The lowest BCUT2D eigenvalue weighted by molar-refractivity contribution is 0.230. The number of hydrogen-bond donors (Lipinski definition) is 2. The number of thiazole rings is 2. The number of aromatic nitrogens is 2. The fourth-order valence-electron chi connectivity index (χ4n) is 1.93. The average Bonchev–Trinajstić information content (AvgIpc) is 3.07. The maximum absolute atomic E-state index is 12.0. The van der Waals surface area contributed by atoms with Gasteiger partial charge in [0.2, 0.25) is 0 Å². The van der Waals surface area contributed by atoms with E-state index in [0.717, 1.165) is 28.6 Å². The van der Waals surface area contributed by atoms with Gasteiger partial charge in [-0.05, 0) is 27.2 Å². The van der Waals surface area contributed by atoms with Gasteiger partial charge < -0.3 is 10.6 Å². The molecular weight excluding hydrogens is 316 g/mol. The van der Waals surface area contributed by atoms with Crippen LogP contribution in [0.5, 0.6) is 0 Å². The molecule has 0 aliphatic carbocycles. The Labute approximate surface area is 139 Å². The van der Waals surface area contributed by atoms with E-state index >= 15 is 0 Å². The van der Waals surface area contributed by atoms with Gasteiger partial charge in [-0.3, -0.25) is 0 Å². The molecule has 7 heteroatoms. The standard InChI is InChI=1S/C15H22N4OS2/c1-5-11-8-17-12(22-11)6-7-16-14(20)19-15(3,4)13-18-10(2)9-21-13/h8-9H,5-7H2,1-4H3,(H2,16,19,20). The lowest BCUT2D eigenvalue weighted by Gasteiger charge is -2.23. The molecule has 0 radical (unpaired) electrons. The highest BCUT2D eigenvalue weighted by Crippen LogP contribution is 2.23. The molecule has 0 atom stereocenters. The van der Waals surface area contributed by atoms with E-state index in [-0.39, 0.29) is 6.03 Å². The number of rotatable bonds is 6. The third-order valence-electron chi connectivity index (χ3n) is 3.15. The quantitative estimate of drug-likeness (QED) is 0.849. The van der Waals surface area contributed by atoms with E-state index in [2.05, 4.69) is 27.5 Å². The minimum atomic E-state index is -0.473. The predicted molar refractivity (Wildman–Crippen MR) is 91.6 cm³/mol. The Hall–Kier alpha value is -1.47. The van der Waals surface area contributed by atoms with Crippen LogP contribution in [-0.2, 0) is 18.4 Å². The highest BCUT2D eigenvalue weighted by Gasteiger charge is 2.25. The largest absolute Gasteiger partial charge is 0.338 e. The van der Waals surface area contributed by atoms with Crippen LogP contribution in [0.25, 0.3) is 0 Å². The van der Waals surface area contributed by atoms with Crippen LogP contribution in [0.15, 0.2) is 11.6 Å². The molecule has 120 valence electrons. The molecule has 5 nitrogen and oxygen atoms in total. The molecular formula is C15H22N4OS2. The van der Waals surface area contributed by atoms with Crippen molar-refractivity contribution >= 4 is 28.7 Å². The van der Waals surface area contributed by atoms with Gasteiger partial charge in [0.05, 0.1) is 10.5 Å². The van der Waals surface area contributed by atoms with Crippen molar-refractivity contribution in [1.29, 1.82) is 0 Å². The Morgan fingerprint density at radius 1 is 1.41 bits per heavy atom. The third kappa shape index (κ3) is 4.51. The summed E-state index contributed by atoms with van der Waals surface area (Å²) in [7, 11) is 0. The number of nitrogens with zero attached hydrogens (tertiary/aromatic N) is 2. The number of amides is 2. The Bertz CT molecular complexity index is 633. The number of nitrogens with one attached hydrogen (secondary N) is 2. The van der Waals surface area contributed by atoms with Gasteiger partial charge in [0.15, 0.2) is 0 Å². The van der Waals surface area contributed by atoms with Gasteiger partial charge in [0, 0.05) is 35.1 Å². The Balaban J connectivity index is 1.80. The Morgan fingerprint density at radius 2 is 2.18 bits per heavy atom. The van der Waals surface area contributed by atoms with Crippen molar-refractivity contribution in [1.82, 2.24) is 20.6 Å². The summed E-state index contributed by atoms with van der Waals surface area (Å²) in [5.41, 5.74) is 0.505. The van der Waals surface area contributed by atoms with Crippen LogP contribution < -0.4 is 10.6 Å². The van der Waals surface area contributed by atoms with E-state index in [9.17, 15) is 4.79 Å². The summed E-state index contributed by atoms with van der Waals surface area (Å²) in [6.45, 7) is 8.56. The van der Waals surface area contributed by atoms with Crippen LogP contribution in [0, 0.1) is 6.92 Å². The third-order valence-corrected chi connectivity index (χ3v) is 5.64. The van der Waals surface area contributed by atoms with E-state index in [1.807, 2.05) is 32.3 Å². The fraction of sp³-hybridized carbons (Fsp3) is 0.533. The molecule has 0 unspecified atom stereocenters. The van der Waals surface area contributed by atoms with E-state index in [1.54, 1.807) is 22.7 Å². The first-order valence-corrected chi connectivity index (χ1v) is 9.02. The van der Waals surface area contributed by atoms with Crippen molar-refractivity contribution in [3.63, 3.8) is 0 Å². The van der Waals surface area contributed by atoms with E-state index in [0.29, 0.717) is 6.54 Å². The van der Waals surface area contributed by atoms with Crippen molar-refractivity contribution in [2.75, 3.05) is 6.54 Å². The summed E-state index contributed by atoms with van der Waals surface area (Å²) < 4.78 is 0. The van der Waals surface area contributed by atoms with Crippen LogP contribution in [0.2, 0.25) is 0 Å². The zero-order chi connectivity index (χ0) is 16.2. The molecule has 2 aromatic heterocycles. The highest BCUT2D eigenvalue weighted by molar-refractivity contribution is 7.11. The molecule has 0 saturated heterocycles. The number of carbonyl (C=O) groups excluding carboxylic acids is 1. The van der Waals surface area contributed by atoms with Crippen molar-refractivity contribution in [2.24, 2.45) is 0 Å². The minimum absolute atomic E-state index is 0.176. The number of hydrogen-bond acceptors (Lipinski definition) is 5. The molecule has 2 heterocycles. The molecule has 0 bridgehead atoms. The normalized spacial score (nSPS) is 11.5. The van der Waals surface area contributed by atoms with Gasteiger partial charge in [-0.15, -0.1) is 22.7 Å². The fourth-order valence-corrected chi connectivity index (χ4v) is 3.67. The van der Waals surface area contributed by atoms with Gasteiger partial charge in [-0.2, -0.15) is 0 Å². The van der Waals surface area contributed by atoms with E-state index < -0.39 is 5.54 Å². The molecule has 2 aromatic rings. The second-order valence-corrected chi connectivity index (χ2v) is 7.68. The van der Waals surface area contributed by atoms with Crippen molar-refractivity contribution in [2.45, 2.75) is 46.1 Å². The Morgan fingerprint density at radius 3 is 2.77 bits per heavy atom. The van der Waals surface area contributed by atoms with Gasteiger partial charge in [0.1, 0.15) is 5.01 Å². The van der Waals surface area contributed by atoms with Gasteiger partial charge in [-0.25, -0.2) is 14.8 Å². The first-order chi connectivity index (χ1) is 10.4. The summed E-state index contributed by atoms with van der Waals surface area (Å²) in [5.74, 6) is 0. The maximum Gasteiger partial charge on any atom is 0.315 e. The second kappa shape index (κ2) is 7.19. The predicted octanol–water partition coefficient (Wildman–Crippen LogP) is 3.25. The van der Waals surface area contributed by atoms with Crippen LogP contribution in [0.4, 0.5) is 4.79 Å². The van der Waals surface area contributed by atoms with Gasteiger partial charge >= 0.3 is 6.03 Å². The van der Waals surface area contributed by atoms with Crippen molar-refractivity contribution in [3.8, 4) is 0 Å². The summed E-state index contributed by atoms with van der Waals surface area (Å²) in [6.07, 6.45) is 3.68. The molecule has 2 N–H and O–H groups in total. The Kier molecular flexibility index (Phi) is 5.52. The zero-order valence-electron chi connectivity index (χ0n) is 13.4. The molecule has 0 aliphatic heterocycles. The lowest BCUT2D eigenvalue weighted by Crippen LogP contribution is -2.46. The summed E-state index contributed by atoms with van der Waals surface area (Å²) in [6, 6.07) is -0.176. The van der Waals surface area contributed by atoms with Crippen LogP contribution in [0.3, 0.4) is 0 Å². The SMILES string of the molecule is CCc1cnc(CCNC(=O)NC(C)(C)c2nc(C)cs2)s1. The molecule has 22 heavy (non-hydrogen) atoms. The molecule has 0 aromatic carbocycles. The first-order valence-electron chi connectivity index (χ1n) is 7.33. The molecule has 2 rings (SSSR count). The van der Waals surface area contributed by atoms with Gasteiger partial charge in [-0.1, -0.05) is 6.92 Å². The summed E-state index contributed by atoms with van der Waals surface area (Å²) >= 11 is 3.27. The van der Waals surface area contributed by atoms with Gasteiger partial charge in [0.25, 0.3) is 0 Å². The minimum Gasteiger partial charge on any atom is -0.338 e. The number of urea groups is 1. The molecule has 0 fully saturated rings. The zero-order valence-corrected chi connectivity index (χ0v) is 15.0. The van der Waals surface area contributed by atoms with Crippen LogP contribution >= 0.6 is 22.7 Å². The average molecular weight is 339 g/mol. The second-order valence-electron chi connectivity index (χ2n) is 5.62.